The van der Waals surface area contributed by atoms with Gasteiger partial charge >= 0.3 is 0 Å². The van der Waals surface area contributed by atoms with Crippen molar-refractivity contribution in [3.63, 3.8) is 0 Å². The molecule has 3 aromatic rings. The number of hydrogen-bond acceptors (Lipinski definition) is 7. The highest BCUT2D eigenvalue weighted by atomic mass is 16.3. The van der Waals surface area contributed by atoms with Crippen LogP contribution in [0.1, 0.15) is 27.9 Å². The first-order valence-electron chi connectivity index (χ1n) is 6.98. The SMILES string of the molecule is CCn1cc(NC(=O)c2coc(-c3cncnc3)n2)c(C(N)=O)n1. The summed E-state index contributed by atoms with van der Waals surface area (Å²) < 4.78 is 6.74. The van der Waals surface area contributed by atoms with Crippen molar-refractivity contribution in [1.82, 2.24) is 24.7 Å². The predicted octanol–water partition coefficient (Wildman–Crippen LogP) is 0.699. The number of amides is 2. The van der Waals surface area contributed by atoms with Crippen LogP contribution in [0.2, 0.25) is 0 Å². The van der Waals surface area contributed by atoms with Crippen LogP contribution in [-0.4, -0.2) is 36.5 Å². The normalized spacial score (nSPS) is 10.5. The lowest BCUT2D eigenvalue weighted by molar-refractivity contribution is 0.0995. The summed E-state index contributed by atoms with van der Waals surface area (Å²) in [6, 6.07) is 0. The van der Waals surface area contributed by atoms with Gasteiger partial charge in [-0.15, -0.1) is 0 Å². The van der Waals surface area contributed by atoms with Crippen molar-refractivity contribution < 1.29 is 14.0 Å². The third-order valence-electron chi connectivity index (χ3n) is 3.11. The second-order valence-electron chi connectivity index (χ2n) is 4.73. The largest absolute Gasteiger partial charge is 0.444 e. The second-order valence-corrected chi connectivity index (χ2v) is 4.73. The molecule has 0 fully saturated rings. The van der Waals surface area contributed by atoms with Gasteiger partial charge in [0.25, 0.3) is 11.8 Å². The van der Waals surface area contributed by atoms with Crippen molar-refractivity contribution in [3.05, 3.63) is 42.6 Å². The summed E-state index contributed by atoms with van der Waals surface area (Å²) in [5, 5.41) is 6.55. The number of hydrogen-bond donors (Lipinski definition) is 2. The maximum Gasteiger partial charge on any atom is 0.277 e. The van der Waals surface area contributed by atoms with Crippen LogP contribution < -0.4 is 11.1 Å². The van der Waals surface area contributed by atoms with Crippen molar-refractivity contribution in [1.29, 1.82) is 0 Å². The molecule has 3 aromatic heterocycles. The molecule has 122 valence electrons. The molecule has 0 aliphatic rings. The summed E-state index contributed by atoms with van der Waals surface area (Å²) in [6.07, 6.45) is 7.11. The molecule has 0 aromatic carbocycles. The average Bonchev–Trinajstić information content (AvgIpc) is 3.22. The van der Waals surface area contributed by atoms with Crippen molar-refractivity contribution in [2.75, 3.05) is 5.32 Å². The molecule has 0 atom stereocenters. The zero-order valence-corrected chi connectivity index (χ0v) is 12.6. The Morgan fingerprint density at radius 3 is 2.75 bits per heavy atom. The van der Waals surface area contributed by atoms with Gasteiger partial charge in [0.15, 0.2) is 11.4 Å². The van der Waals surface area contributed by atoms with Crippen molar-refractivity contribution in [2.45, 2.75) is 13.5 Å². The Balaban J connectivity index is 1.82. The number of nitrogens with two attached hydrogens (primary N) is 1. The molecule has 0 radical (unpaired) electrons. The number of carbonyl (C=O) groups is 2. The van der Waals surface area contributed by atoms with E-state index in [0.29, 0.717) is 12.1 Å². The van der Waals surface area contributed by atoms with Gasteiger partial charge < -0.3 is 15.5 Å². The molecule has 0 spiro atoms. The molecule has 0 aliphatic heterocycles. The summed E-state index contributed by atoms with van der Waals surface area (Å²) in [7, 11) is 0. The maximum absolute atomic E-state index is 12.3. The monoisotopic (exact) mass is 327 g/mol. The van der Waals surface area contributed by atoms with Crippen molar-refractivity contribution in [3.8, 4) is 11.5 Å². The summed E-state index contributed by atoms with van der Waals surface area (Å²) in [4.78, 5) is 35.5. The predicted molar refractivity (Wildman–Crippen MR) is 81.9 cm³/mol. The van der Waals surface area contributed by atoms with Crippen LogP contribution >= 0.6 is 0 Å². The quantitative estimate of drug-likeness (QED) is 0.702. The topological polar surface area (TPSA) is 142 Å². The fraction of sp³-hybridized carbons (Fsp3) is 0.143. The van der Waals surface area contributed by atoms with Crippen LogP contribution in [0.25, 0.3) is 11.5 Å². The smallest absolute Gasteiger partial charge is 0.277 e. The lowest BCUT2D eigenvalue weighted by atomic mass is 10.3. The molecule has 10 heteroatoms. The summed E-state index contributed by atoms with van der Waals surface area (Å²) in [6.45, 7) is 2.37. The van der Waals surface area contributed by atoms with E-state index in [1.807, 2.05) is 6.92 Å². The Hall–Kier alpha value is -3.56. The number of aromatic nitrogens is 5. The van der Waals surface area contributed by atoms with Crippen LogP contribution in [0, 0.1) is 0 Å². The van der Waals surface area contributed by atoms with Crippen LogP contribution in [0.15, 0.2) is 35.6 Å². The number of carbonyl (C=O) groups excluding carboxylic acids is 2. The molecule has 0 saturated heterocycles. The molecule has 24 heavy (non-hydrogen) atoms. The highest BCUT2D eigenvalue weighted by Crippen LogP contribution is 2.18. The highest BCUT2D eigenvalue weighted by Gasteiger charge is 2.19. The molecule has 3 heterocycles. The van der Waals surface area contributed by atoms with Gasteiger partial charge in [0, 0.05) is 25.1 Å². The van der Waals surface area contributed by atoms with E-state index in [4.69, 9.17) is 10.2 Å². The van der Waals surface area contributed by atoms with Gasteiger partial charge in [-0.3, -0.25) is 14.3 Å². The molecule has 2 amide bonds. The third kappa shape index (κ3) is 2.97. The number of oxazole rings is 1. The number of primary amides is 1. The molecule has 3 N–H and O–H groups in total. The fourth-order valence-electron chi connectivity index (χ4n) is 1.96. The lowest BCUT2D eigenvalue weighted by Gasteiger charge is -2.00. The van der Waals surface area contributed by atoms with E-state index in [0.717, 1.165) is 0 Å². The molecule has 0 unspecified atom stereocenters. The Morgan fingerprint density at radius 1 is 1.33 bits per heavy atom. The van der Waals surface area contributed by atoms with Crippen LogP contribution in [-0.2, 0) is 6.54 Å². The molecule has 0 saturated carbocycles. The third-order valence-corrected chi connectivity index (χ3v) is 3.11. The van der Waals surface area contributed by atoms with Crippen molar-refractivity contribution in [2.24, 2.45) is 5.73 Å². The molecule has 3 rings (SSSR count). The van der Waals surface area contributed by atoms with Gasteiger partial charge in [-0.2, -0.15) is 5.10 Å². The molecular formula is C14H13N7O3. The minimum absolute atomic E-state index is 0.0228. The fourth-order valence-corrected chi connectivity index (χ4v) is 1.96. The number of anilines is 1. The number of nitrogens with zero attached hydrogens (tertiary/aromatic N) is 5. The Labute approximate surface area is 135 Å². The van der Waals surface area contributed by atoms with Gasteiger partial charge in [-0.05, 0) is 6.92 Å². The molecular weight excluding hydrogens is 314 g/mol. The second kappa shape index (κ2) is 6.28. The molecule has 0 bridgehead atoms. The lowest BCUT2D eigenvalue weighted by Crippen LogP contribution is -2.18. The van der Waals surface area contributed by atoms with E-state index < -0.39 is 11.8 Å². The summed E-state index contributed by atoms with van der Waals surface area (Å²) in [5.74, 6) is -1.08. The van der Waals surface area contributed by atoms with E-state index in [-0.39, 0.29) is 23.0 Å². The minimum Gasteiger partial charge on any atom is -0.444 e. The zero-order valence-electron chi connectivity index (χ0n) is 12.6. The number of nitrogens with one attached hydrogen (secondary N) is 1. The maximum atomic E-state index is 12.3. The average molecular weight is 327 g/mol. The van der Waals surface area contributed by atoms with Crippen LogP contribution in [0.3, 0.4) is 0 Å². The van der Waals surface area contributed by atoms with Crippen LogP contribution in [0.5, 0.6) is 0 Å². The number of rotatable bonds is 5. The van der Waals surface area contributed by atoms with Gasteiger partial charge in [-0.1, -0.05) is 0 Å². The zero-order chi connectivity index (χ0) is 17.1. The van der Waals surface area contributed by atoms with Crippen LogP contribution in [0.4, 0.5) is 5.69 Å². The van der Waals surface area contributed by atoms with Gasteiger partial charge in [-0.25, -0.2) is 15.0 Å². The summed E-state index contributed by atoms with van der Waals surface area (Å²) >= 11 is 0. The standard InChI is InChI=1S/C14H13N7O3/c1-2-21-5-9(11(20-21)12(15)22)18-13(23)10-6-24-14(19-10)8-3-16-7-17-4-8/h3-7H,2H2,1H3,(H2,15,22)(H,18,23). The van der Waals surface area contributed by atoms with E-state index >= 15 is 0 Å². The highest BCUT2D eigenvalue weighted by molar-refractivity contribution is 6.07. The van der Waals surface area contributed by atoms with Gasteiger partial charge in [0.1, 0.15) is 12.6 Å². The first kappa shape index (κ1) is 15.3. The van der Waals surface area contributed by atoms with Crippen molar-refractivity contribution >= 4 is 17.5 Å². The Bertz CT molecular complexity index is 885. The van der Waals surface area contributed by atoms with E-state index in [9.17, 15) is 9.59 Å². The first-order chi connectivity index (χ1) is 11.6. The molecule has 0 aliphatic carbocycles. The van der Waals surface area contributed by atoms with E-state index in [2.05, 4.69) is 25.4 Å². The first-order valence-corrected chi connectivity index (χ1v) is 6.98. The molecule has 10 nitrogen and oxygen atoms in total. The van der Waals surface area contributed by atoms with E-state index in [1.54, 1.807) is 0 Å². The van der Waals surface area contributed by atoms with Gasteiger partial charge in [0.2, 0.25) is 5.89 Å². The number of aryl methyl sites for hydroxylation is 1. The summed E-state index contributed by atoms with van der Waals surface area (Å²) in [5.41, 5.74) is 6.02. The van der Waals surface area contributed by atoms with E-state index in [1.165, 1.54) is 35.9 Å². The Morgan fingerprint density at radius 2 is 2.08 bits per heavy atom. The Kier molecular flexibility index (Phi) is 4.01. The minimum atomic E-state index is -0.736. The van der Waals surface area contributed by atoms with Gasteiger partial charge in [0.05, 0.1) is 11.3 Å².